The number of hydrogen-bond acceptors (Lipinski definition) is 5. The second kappa shape index (κ2) is 9.36. The molecule has 4 rings (SSSR count). The number of benzene rings is 2. The molecule has 1 unspecified atom stereocenters. The third-order valence-electron chi connectivity index (χ3n) is 5.27. The minimum Gasteiger partial charge on any atom is -0.485 e. The summed E-state index contributed by atoms with van der Waals surface area (Å²) in [6.07, 6.45) is -0.634. The van der Waals surface area contributed by atoms with Crippen molar-refractivity contribution in [2.75, 3.05) is 39.3 Å². The van der Waals surface area contributed by atoms with Crippen molar-refractivity contribution >= 4 is 23.4 Å². The van der Waals surface area contributed by atoms with Crippen molar-refractivity contribution < 1.29 is 19.1 Å². The summed E-state index contributed by atoms with van der Waals surface area (Å²) >= 11 is 6.12. The van der Waals surface area contributed by atoms with Crippen molar-refractivity contribution in [3.63, 3.8) is 0 Å². The van der Waals surface area contributed by atoms with E-state index in [2.05, 4.69) is 5.32 Å². The van der Waals surface area contributed by atoms with E-state index in [-0.39, 0.29) is 18.4 Å². The summed E-state index contributed by atoms with van der Waals surface area (Å²) in [5.41, 5.74) is 0.888. The SMILES string of the molecule is O=C(CN1CCN(C(=O)C2COc3ccccc3O2)CC1)NCc1ccccc1Cl. The number of rotatable bonds is 5. The maximum atomic E-state index is 12.8. The van der Waals surface area contributed by atoms with Crippen LogP contribution >= 0.6 is 11.6 Å². The minimum atomic E-state index is -0.634. The number of nitrogens with zero attached hydrogens (tertiary/aromatic N) is 2. The quantitative estimate of drug-likeness (QED) is 0.786. The lowest BCUT2D eigenvalue weighted by Crippen LogP contribution is -2.55. The zero-order valence-electron chi connectivity index (χ0n) is 16.6. The van der Waals surface area contributed by atoms with Crippen LogP contribution in [0, 0.1) is 0 Å². The standard InChI is InChI=1S/C22H24ClN3O4/c23-17-6-2-1-5-16(17)13-24-21(27)14-25-9-11-26(12-10-25)22(28)20-15-29-18-7-3-4-8-19(18)30-20/h1-8,20H,9-15H2,(H,24,27). The lowest BCUT2D eigenvalue weighted by atomic mass is 10.2. The van der Waals surface area contributed by atoms with E-state index in [1.807, 2.05) is 41.3 Å². The van der Waals surface area contributed by atoms with Gasteiger partial charge in [-0.3, -0.25) is 14.5 Å². The van der Waals surface area contributed by atoms with Crippen molar-refractivity contribution in [3.05, 3.63) is 59.1 Å². The lowest BCUT2D eigenvalue weighted by Gasteiger charge is -2.36. The fourth-order valence-corrected chi connectivity index (χ4v) is 3.77. The fraction of sp³-hybridized carbons (Fsp3) is 0.364. The molecule has 0 radical (unpaired) electrons. The van der Waals surface area contributed by atoms with Crippen LogP contribution in [0.25, 0.3) is 0 Å². The summed E-state index contributed by atoms with van der Waals surface area (Å²) < 4.78 is 11.5. The van der Waals surface area contributed by atoms with Gasteiger partial charge in [0.1, 0.15) is 6.61 Å². The van der Waals surface area contributed by atoms with Gasteiger partial charge in [-0.1, -0.05) is 41.9 Å². The van der Waals surface area contributed by atoms with Gasteiger partial charge in [-0.2, -0.15) is 0 Å². The van der Waals surface area contributed by atoms with Crippen molar-refractivity contribution in [1.29, 1.82) is 0 Å². The van der Waals surface area contributed by atoms with E-state index in [0.29, 0.717) is 55.8 Å². The van der Waals surface area contributed by atoms with E-state index >= 15 is 0 Å². The Morgan fingerprint density at radius 3 is 2.47 bits per heavy atom. The average Bonchev–Trinajstić information content (AvgIpc) is 2.78. The highest BCUT2D eigenvalue weighted by molar-refractivity contribution is 6.31. The van der Waals surface area contributed by atoms with Crippen LogP contribution in [0.1, 0.15) is 5.56 Å². The van der Waals surface area contributed by atoms with Crippen LogP contribution in [0.15, 0.2) is 48.5 Å². The van der Waals surface area contributed by atoms with Crippen molar-refractivity contribution in [2.45, 2.75) is 12.6 Å². The first-order valence-electron chi connectivity index (χ1n) is 10.00. The van der Waals surface area contributed by atoms with Gasteiger partial charge in [-0.05, 0) is 23.8 Å². The third kappa shape index (κ3) is 4.86. The van der Waals surface area contributed by atoms with E-state index in [1.54, 1.807) is 17.0 Å². The monoisotopic (exact) mass is 429 g/mol. The van der Waals surface area contributed by atoms with E-state index in [4.69, 9.17) is 21.1 Å². The van der Waals surface area contributed by atoms with Crippen LogP contribution in [0.3, 0.4) is 0 Å². The van der Waals surface area contributed by atoms with Crippen molar-refractivity contribution in [2.24, 2.45) is 0 Å². The molecular weight excluding hydrogens is 406 g/mol. The molecule has 0 bridgehead atoms. The van der Waals surface area contributed by atoms with Crippen LogP contribution < -0.4 is 14.8 Å². The van der Waals surface area contributed by atoms with E-state index in [0.717, 1.165) is 5.56 Å². The fourth-order valence-electron chi connectivity index (χ4n) is 3.57. The smallest absolute Gasteiger partial charge is 0.267 e. The first kappa shape index (κ1) is 20.5. The van der Waals surface area contributed by atoms with Crippen molar-refractivity contribution in [3.8, 4) is 11.5 Å². The number of hydrogen-bond donors (Lipinski definition) is 1. The highest BCUT2D eigenvalue weighted by Gasteiger charge is 2.32. The maximum absolute atomic E-state index is 12.8. The molecule has 0 saturated carbocycles. The Kier molecular flexibility index (Phi) is 6.40. The molecule has 2 aromatic rings. The van der Waals surface area contributed by atoms with Crippen LogP contribution in [-0.4, -0.2) is 67.0 Å². The summed E-state index contributed by atoms with van der Waals surface area (Å²) in [6.45, 7) is 3.28. The molecule has 2 amide bonds. The zero-order valence-corrected chi connectivity index (χ0v) is 17.3. The largest absolute Gasteiger partial charge is 0.485 e. The highest BCUT2D eigenvalue weighted by atomic mass is 35.5. The van der Waals surface area contributed by atoms with Gasteiger partial charge < -0.3 is 19.7 Å². The number of amides is 2. The third-order valence-corrected chi connectivity index (χ3v) is 5.64. The molecule has 8 heteroatoms. The van der Waals surface area contributed by atoms with E-state index < -0.39 is 6.10 Å². The summed E-state index contributed by atoms with van der Waals surface area (Å²) in [5, 5.41) is 3.54. The van der Waals surface area contributed by atoms with Gasteiger partial charge >= 0.3 is 0 Å². The molecule has 0 spiro atoms. The number of para-hydroxylation sites is 2. The lowest BCUT2D eigenvalue weighted by molar-refractivity contribution is -0.143. The second-order valence-electron chi connectivity index (χ2n) is 7.33. The molecule has 2 aliphatic rings. The predicted molar refractivity (Wildman–Crippen MR) is 113 cm³/mol. The summed E-state index contributed by atoms with van der Waals surface area (Å²) in [5.74, 6) is 1.12. The maximum Gasteiger partial charge on any atom is 0.267 e. The van der Waals surface area contributed by atoms with Gasteiger partial charge in [-0.25, -0.2) is 0 Å². The number of nitrogens with one attached hydrogen (secondary N) is 1. The Morgan fingerprint density at radius 2 is 1.70 bits per heavy atom. The van der Waals surface area contributed by atoms with Gasteiger partial charge in [0.25, 0.3) is 5.91 Å². The van der Waals surface area contributed by atoms with Gasteiger partial charge in [0.2, 0.25) is 12.0 Å². The normalized spacial score (nSPS) is 18.7. The number of carbonyl (C=O) groups excluding carboxylic acids is 2. The summed E-state index contributed by atoms with van der Waals surface area (Å²) in [7, 11) is 0. The summed E-state index contributed by atoms with van der Waals surface area (Å²) in [6, 6.07) is 14.8. The molecule has 2 heterocycles. The number of carbonyl (C=O) groups is 2. The van der Waals surface area contributed by atoms with Gasteiger partial charge in [0.15, 0.2) is 11.5 Å². The van der Waals surface area contributed by atoms with Crippen LogP contribution in [0.2, 0.25) is 5.02 Å². The molecule has 0 aromatic heterocycles. The molecule has 7 nitrogen and oxygen atoms in total. The molecule has 0 aliphatic carbocycles. The molecular formula is C22H24ClN3O4. The van der Waals surface area contributed by atoms with Gasteiger partial charge in [0, 0.05) is 37.7 Å². The highest BCUT2D eigenvalue weighted by Crippen LogP contribution is 2.31. The van der Waals surface area contributed by atoms with E-state index in [1.165, 1.54) is 0 Å². The molecule has 158 valence electrons. The minimum absolute atomic E-state index is 0.0599. The molecule has 1 atom stereocenters. The molecule has 1 saturated heterocycles. The first-order chi connectivity index (χ1) is 14.6. The zero-order chi connectivity index (χ0) is 20.9. The topological polar surface area (TPSA) is 71.1 Å². The molecule has 1 N–H and O–H groups in total. The first-order valence-corrected chi connectivity index (χ1v) is 10.4. The molecule has 1 fully saturated rings. The number of ether oxygens (including phenoxy) is 2. The van der Waals surface area contributed by atoms with Gasteiger partial charge in [-0.15, -0.1) is 0 Å². The van der Waals surface area contributed by atoms with E-state index in [9.17, 15) is 9.59 Å². The summed E-state index contributed by atoms with van der Waals surface area (Å²) in [4.78, 5) is 28.9. The predicted octanol–water partition coefficient (Wildman–Crippen LogP) is 1.94. The number of halogens is 1. The van der Waals surface area contributed by atoms with Crippen LogP contribution in [0.4, 0.5) is 0 Å². The molecule has 2 aliphatic heterocycles. The molecule has 2 aromatic carbocycles. The van der Waals surface area contributed by atoms with Crippen LogP contribution in [-0.2, 0) is 16.1 Å². The Balaban J connectivity index is 1.21. The Labute approximate surface area is 180 Å². The number of fused-ring (bicyclic) bond motifs is 1. The Hall–Kier alpha value is -2.77. The second-order valence-corrected chi connectivity index (χ2v) is 7.74. The van der Waals surface area contributed by atoms with Crippen molar-refractivity contribution in [1.82, 2.24) is 15.1 Å². The Bertz CT molecular complexity index is 915. The molecule has 30 heavy (non-hydrogen) atoms. The number of piperazine rings is 1. The average molecular weight is 430 g/mol. The van der Waals surface area contributed by atoms with Gasteiger partial charge in [0.05, 0.1) is 6.54 Å². The van der Waals surface area contributed by atoms with Crippen LogP contribution in [0.5, 0.6) is 11.5 Å². The Morgan fingerprint density at radius 1 is 1.00 bits per heavy atom.